The van der Waals surface area contributed by atoms with Crippen molar-refractivity contribution in [3.8, 4) is 5.75 Å². The van der Waals surface area contributed by atoms with Gasteiger partial charge in [0.05, 0.1) is 17.1 Å². The maximum absolute atomic E-state index is 12.4. The van der Waals surface area contributed by atoms with E-state index in [1.54, 1.807) is 29.0 Å². The third-order valence-corrected chi connectivity index (χ3v) is 5.89. The summed E-state index contributed by atoms with van der Waals surface area (Å²) in [4.78, 5) is 0. The Morgan fingerprint density at radius 2 is 1.70 bits per heavy atom. The highest BCUT2D eigenvalue weighted by atomic mass is 35.5. The van der Waals surface area contributed by atoms with Crippen molar-refractivity contribution in [1.29, 1.82) is 0 Å². The molecule has 1 saturated heterocycles. The van der Waals surface area contributed by atoms with Gasteiger partial charge in [0.15, 0.2) is 6.23 Å². The molecule has 5 atom stereocenters. The van der Waals surface area contributed by atoms with E-state index in [1.807, 2.05) is 0 Å². The lowest BCUT2D eigenvalue weighted by molar-refractivity contribution is -0.274. The molecule has 7 nitrogen and oxygen atoms in total. The van der Waals surface area contributed by atoms with Gasteiger partial charge in [0.1, 0.15) is 30.2 Å². The molecule has 0 bridgehead atoms. The molecule has 0 amide bonds. The monoisotopic (exact) mass is 487 g/mol. The lowest BCUT2D eigenvalue weighted by Gasteiger charge is -2.40. The zero-order valence-corrected chi connectivity index (χ0v) is 17.7. The summed E-state index contributed by atoms with van der Waals surface area (Å²) in [6.45, 7) is -0.569. The summed E-state index contributed by atoms with van der Waals surface area (Å²) in [5.41, 5.74) is 1.94. The van der Waals surface area contributed by atoms with Crippen molar-refractivity contribution in [3.05, 3.63) is 64.8 Å². The highest BCUT2D eigenvalue weighted by Crippen LogP contribution is 2.36. The van der Waals surface area contributed by atoms with Crippen LogP contribution in [0.3, 0.4) is 0 Å². The van der Waals surface area contributed by atoms with Gasteiger partial charge in [-0.3, -0.25) is 0 Å². The van der Waals surface area contributed by atoms with Crippen LogP contribution in [0.4, 0.5) is 13.2 Å². The van der Waals surface area contributed by atoms with Crippen molar-refractivity contribution in [2.75, 3.05) is 6.61 Å². The first-order valence-corrected chi connectivity index (χ1v) is 10.4. The maximum Gasteiger partial charge on any atom is 0.573 e. The number of rotatable bonds is 5. The molecule has 1 aliphatic rings. The van der Waals surface area contributed by atoms with Crippen LogP contribution < -0.4 is 4.74 Å². The van der Waals surface area contributed by atoms with Crippen molar-refractivity contribution in [2.45, 2.75) is 43.4 Å². The number of hydrogen-bond acceptors (Lipinski definition) is 6. The summed E-state index contributed by atoms with van der Waals surface area (Å²) >= 11 is 6.43. The van der Waals surface area contributed by atoms with Gasteiger partial charge >= 0.3 is 6.36 Å². The van der Waals surface area contributed by atoms with Gasteiger partial charge in [-0.05, 0) is 41.8 Å². The molecule has 0 aliphatic carbocycles. The lowest BCUT2D eigenvalue weighted by Crippen LogP contribution is -2.56. The van der Waals surface area contributed by atoms with Gasteiger partial charge in [-0.15, -0.1) is 13.2 Å². The lowest BCUT2D eigenvalue weighted by atomic mass is 9.98. The highest BCUT2D eigenvalue weighted by molar-refractivity contribution is 6.35. The van der Waals surface area contributed by atoms with E-state index in [9.17, 15) is 33.6 Å². The Morgan fingerprint density at radius 3 is 2.33 bits per heavy atom. The van der Waals surface area contributed by atoms with Gasteiger partial charge in [-0.1, -0.05) is 29.8 Å². The Kier molecular flexibility index (Phi) is 6.59. The Bertz CT molecular complexity index is 1120. The smallest absolute Gasteiger partial charge is 0.406 e. The summed E-state index contributed by atoms with van der Waals surface area (Å²) in [6, 6.07) is 10.5. The zero-order valence-electron chi connectivity index (χ0n) is 17.0. The van der Waals surface area contributed by atoms with E-state index in [4.69, 9.17) is 16.3 Å². The fraction of sp³-hybridized carbons (Fsp3) is 0.364. The summed E-state index contributed by atoms with van der Waals surface area (Å²) in [5.74, 6) is -0.340. The number of benzene rings is 2. The van der Waals surface area contributed by atoms with Crippen LogP contribution >= 0.6 is 11.6 Å². The summed E-state index contributed by atoms with van der Waals surface area (Å²) < 4.78 is 48.3. The number of hydrogen-bond donors (Lipinski definition) is 4. The molecule has 1 unspecified atom stereocenters. The van der Waals surface area contributed by atoms with Crippen LogP contribution in [0.5, 0.6) is 5.75 Å². The molecule has 3 aromatic rings. The third kappa shape index (κ3) is 4.81. The van der Waals surface area contributed by atoms with E-state index in [1.165, 1.54) is 24.3 Å². The minimum absolute atomic E-state index is 0.289. The van der Waals surface area contributed by atoms with Crippen molar-refractivity contribution >= 4 is 22.5 Å². The van der Waals surface area contributed by atoms with Crippen molar-refractivity contribution in [2.24, 2.45) is 0 Å². The molecule has 178 valence electrons. The quantitative estimate of drug-likeness (QED) is 0.441. The first-order chi connectivity index (χ1) is 15.6. The molecule has 0 saturated carbocycles. The Balaban J connectivity index is 1.69. The van der Waals surface area contributed by atoms with Gasteiger partial charge in [0.2, 0.25) is 0 Å². The van der Waals surface area contributed by atoms with E-state index in [0.29, 0.717) is 27.1 Å². The van der Waals surface area contributed by atoms with Crippen LogP contribution in [0.25, 0.3) is 10.9 Å². The summed E-state index contributed by atoms with van der Waals surface area (Å²) in [7, 11) is 0. The van der Waals surface area contributed by atoms with Crippen molar-refractivity contribution in [1.82, 2.24) is 4.57 Å². The summed E-state index contributed by atoms with van der Waals surface area (Å²) in [5, 5.41) is 41.3. The van der Waals surface area contributed by atoms with Crippen LogP contribution in [-0.4, -0.2) is 62.4 Å². The SMILES string of the molecule is OC[C@H]1OC(n2cc(Cc3ccc(OC(F)(F)F)cc3)c3c(Cl)cccc32)[C@H](O)[C@@H](O)[C@@H]1O. The molecule has 0 radical (unpaired) electrons. The van der Waals surface area contributed by atoms with E-state index in [0.717, 1.165) is 0 Å². The van der Waals surface area contributed by atoms with Crippen LogP contribution in [0.15, 0.2) is 48.7 Å². The first-order valence-electron chi connectivity index (χ1n) is 10.0. The number of halogens is 4. The van der Waals surface area contributed by atoms with Gasteiger partial charge in [-0.25, -0.2) is 0 Å². The average molecular weight is 488 g/mol. The molecule has 4 rings (SSSR count). The Morgan fingerprint density at radius 1 is 1.00 bits per heavy atom. The number of nitrogens with zero attached hydrogens (tertiary/aromatic N) is 1. The second kappa shape index (κ2) is 9.13. The predicted octanol–water partition coefficient (Wildman–Crippen LogP) is 2.76. The third-order valence-electron chi connectivity index (χ3n) is 5.58. The fourth-order valence-electron chi connectivity index (χ4n) is 4.03. The number of ether oxygens (including phenoxy) is 2. The topological polar surface area (TPSA) is 104 Å². The second-order valence-electron chi connectivity index (χ2n) is 7.78. The molecular formula is C22H21ClF3NO6. The molecule has 1 fully saturated rings. The van der Waals surface area contributed by atoms with E-state index in [-0.39, 0.29) is 12.2 Å². The molecule has 2 heterocycles. The van der Waals surface area contributed by atoms with Crippen LogP contribution in [0.1, 0.15) is 17.4 Å². The number of aliphatic hydroxyl groups is 4. The van der Waals surface area contributed by atoms with Crippen molar-refractivity contribution < 1.29 is 43.1 Å². The first kappa shape index (κ1) is 23.8. The molecule has 2 aromatic carbocycles. The Hall–Kier alpha value is -2.34. The number of alkyl halides is 3. The predicted molar refractivity (Wildman–Crippen MR) is 112 cm³/mol. The van der Waals surface area contributed by atoms with Crippen molar-refractivity contribution in [3.63, 3.8) is 0 Å². The van der Waals surface area contributed by atoms with Crippen LogP contribution in [0.2, 0.25) is 5.02 Å². The van der Waals surface area contributed by atoms with Crippen LogP contribution in [-0.2, 0) is 11.2 Å². The van der Waals surface area contributed by atoms with Gasteiger partial charge in [0.25, 0.3) is 0 Å². The number of aromatic nitrogens is 1. The van der Waals surface area contributed by atoms with Gasteiger partial charge in [-0.2, -0.15) is 0 Å². The van der Waals surface area contributed by atoms with E-state index >= 15 is 0 Å². The number of fused-ring (bicyclic) bond motifs is 1. The summed E-state index contributed by atoms with van der Waals surface area (Å²) in [6.07, 6.45) is -9.60. The molecule has 4 N–H and O–H groups in total. The van der Waals surface area contributed by atoms with E-state index in [2.05, 4.69) is 4.74 Å². The molecular weight excluding hydrogens is 467 g/mol. The Labute approximate surface area is 191 Å². The minimum atomic E-state index is -4.78. The highest BCUT2D eigenvalue weighted by Gasteiger charge is 2.44. The fourth-order valence-corrected chi connectivity index (χ4v) is 4.32. The zero-order chi connectivity index (χ0) is 23.9. The minimum Gasteiger partial charge on any atom is -0.406 e. The average Bonchev–Trinajstić information content (AvgIpc) is 3.12. The number of aliphatic hydroxyl groups excluding tert-OH is 4. The molecule has 11 heteroatoms. The van der Waals surface area contributed by atoms with Gasteiger partial charge in [0, 0.05) is 11.6 Å². The standard InChI is InChI=1S/C22H21ClF3NO6/c23-14-2-1-3-15-17(14)12(8-11-4-6-13(7-5-11)33-22(24,25)26)9-27(15)21-20(31)19(30)18(29)16(10-28)32-21/h1-7,9,16,18-21,28-31H,8,10H2/t16-,18-,19+,20-,21?/m1/s1. The van der Waals surface area contributed by atoms with E-state index < -0.39 is 43.6 Å². The largest absolute Gasteiger partial charge is 0.573 e. The molecule has 33 heavy (non-hydrogen) atoms. The normalized spacial score (nSPS) is 26.0. The maximum atomic E-state index is 12.4. The van der Waals surface area contributed by atoms with Crippen LogP contribution in [0, 0.1) is 0 Å². The molecule has 1 aromatic heterocycles. The van der Waals surface area contributed by atoms with Gasteiger partial charge < -0.3 is 34.5 Å². The molecule has 0 spiro atoms. The molecule has 1 aliphatic heterocycles. The second-order valence-corrected chi connectivity index (χ2v) is 8.19.